The number of hydrogen-bond donors (Lipinski definition) is 0. The normalized spacial score (nSPS) is 10.6. The van der Waals surface area contributed by atoms with E-state index in [1.807, 2.05) is 24.6 Å². The maximum absolute atomic E-state index is 13.0. The molecule has 2 aromatic rings. The molecule has 0 fully saturated rings. The van der Waals surface area contributed by atoms with E-state index < -0.39 is 0 Å². The van der Waals surface area contributed by atoms with Crippen LogP contribution in [0.3, 0.4) is 0 Å². The van der Waals surface area contributed by atoms with Gasteiger partial charge in [0, 0.05) is 11.9 Å². The average molecular weight is 204 g/mol. The molecule has 0 spiro atoms. The fourth-order valence-corrected chi connectivity index (χ4v) is 1.54. The van der Waals surface area contributed by atoms with Crippen LogP contribution >= 0.6 is 0 Å². The van der Waals surface area contributed by atoms with Crippen molar-refractivity contribution in [3.63, 3.8) is 0 Å². The fraction of sp³-hybridized carbons (Fsp3) is 0.250. The summed E-state index contributed by atoms with van der Waals surface area (Å²) in [5.41, 5.74) is 3.15. The molecule has 15 heavy (non-hydrogen) atoms. The third-order valence-corrected chi connectivity index (χ3v) is 2.56. The molecule has 0 bridgehead atoms. The van der Waals surface area contributed by atoms with E-state index in [1.54, 1.807) is 18.3 Å². The molecule has 0 atom stereocenters. The van der Waals surface area contributed by atoms with Crippen LogP contribution in [0.2, 0.25) is 0 Å². The molecule has 0 aliphatic carbocycles. The molecule has 2 nitrogen and oxygen atoms in total. The van der Waals surface area contributed by atoms with Crippen molar-refractivity contribution in [2.75, 3.05) is 0 Å². The van der Waals surface area contributed by atoms with Crippen molar-refractivity contribution in [2.45, 2.75) is 20.4 Å². The standard InChI is InChI=1S/C12H13FN2/c1-9-3-4-12(13)7-11(9)8-15-10(2)5-6-14-15/h3-7H,8H2,1-2H3. The molecule has 0 N–H and O–H groups in total. The Balaban J connectivity index is 2.32. The van der Waals surface area contributed by atoms with Gasteiger partial charge in [0.2, 0.25) is 0 Å². The van der Waals surface area contributed by atoms with Crippen molar-refractivity contribution in [3.05, 3.63) is 53.1 Å². The summed E-state index contributed by atoms with van der Waals surface area (Å²) in [6.07, 6.45) is 1.75. The van der Waals surface area contributed by atoms with E-state index in [4.69, 9.17) is 0 Å². The van der Waals surface area contributed by atoms with Crippen molar-refractivity contribution in [2.24, 2.45) is 0 Å². The molecule has 1 aromatic heterocycles. The van der Waals surface area contributed by atoms with Crippen LogP contribution in [-0.2, 0) is 6.54 Å². The Bertz CT molecular complexity index is 474. The first-order chi connectivity index (χ1) is 7.16. The van der Waals surface area contributed by atoms with E-state index in [0.29, 0.717) is 6.54 Å². The van der Waals surface area contributed by atoms with Crippen LogP contribution in [0.5, 0.6) is 0 Å². The smallest absolute Gasteiger partial charge is 0.123 e. The topological polar surface area (TPSA) is 17.8 Å². The number of aryl methyl sites for hydroxylation is 2. The SMILES string of the molecule is Cc1ccc(F)cc1Cn1nccc1C. The summed E-state index contributed by atoms with van der Waals surface area (Å²) in [6.45, 7) is 4.59. The summed E-state index contributed by atoms with van der Waals surface area (Å²) in [5, 5.41) is 4.18. The average Bonchev–Trinajstić information content (AvgIpc) is 2.58. The monoisotopic (exact) mass is 204 g/mol. The molecular weight excluding hydrogens is 191 g/mol. The third-order valence-electron chi connectivity index (χ3n) is 2.56. The molecule has 3 heteroatoms. The minimum Gasteiger partial charge on any atom is -0.265 e. The quantitative estimate of drug-likeness (QED) is 0.735. The second-order valence-corrected chi connectivity index (χ2v) is 3.70. The Morgan fingerprint density at radius 1 is 1.27 bits per heavy atom. The minimum absolute atomic E-state index is 0.194. The first-order valence-corrected chi connectivity index (χ1v) is 4.90. The molecule has 0 unspecified atom stereocenters. The van der Waals surface area contributed by atoms with Crippen LogP contribution in [-0.4, -0.2) is 9.78 Å². The van der Waals surface area contributed by atoms with Crippen LogP contribution < -0.4 is 0 Å². The molecular formula is C12H13FN2. The van der Waals surface area contributed by atoms with Gasteiger partial charge in [-0.25, -0.2) is 4.39 Å². The van der Waals surface area contributed by atoms with Crippen molar-refractivity contribution in [1.29, 1.82) is 0 Å². The summed E-state index contributed by atoms with van der Waals surface area (Å²) < 4.78 is 14.9. The predicted octanol–water partition coefficient (Wildman–Crippen LogP) is 2.69. The molecule has 0 saturated heterocycles. The van der Waals surface area contributed by atoms with Crippen LogP contribution in [0.25, 0.3) is 0 Å². The maximum Gasteiger partial charge on any atom is 0.123 e. The summed E-state index contributed by atoms with van der Waals surface area (Å²) in [6, 6.07) is 6.78. The van der Waals surface area contributed by atoms with Gasteiger partial charge < -0.3 is 0 Å². The fourth-order valence-electron chi connectivity index (χ4n) is 1.54. The highest BCUT2D eigenvalue weighted by molar-refractivity contribution is 5.26. The van der Waals surface area contributed by atoms with Gasteiger partial charge in [0.25, 0.3) is 0 Å². The van der Waals surface area contributed by atoms with Crippen LogP contribution in [0.1, 0.15) is 16.8 Å². The van der Waals surface area contributed by atoms with E-state index in [-0.39, 0.29) is 5.82 Å². The number of nitrogens with zero attached hydrogens (tertiary/aromatic N) is 2. The van der Waals surface area contributed by atoms with Gasteiger partial charge in [-0.3, -0.25) is 4.68 Å². The van der Waals surface area contributed by atoms with Gasteiger partial charge in [0.05, 0.1) is 6.54 Å². The highest BCUT2D eigenvalue weighted by Crippen LogP contribution is 2.12. The van der Waals surface area contributed by atoms with Gasteiger partial charge in [-0.1, -0.05) is 6.07 Å². The lowest BCUT2D eigenvalue weighted by molar-refractivity contribution is 0.615. The number of hydrogen-bond acceptors (Lipinski definition) is 1. The Kier molecular flexibility index (Phi) is 2.54. The molecule has 1 heterocycles. The van der Waals surface area contributed by atoms with Crippen molar-refractivity contribution in [1.82, 2.24) is 9.78 Å². The summed E-state index contributed by atoms with van der Waals surface area (Å²) in [4.78, 5) is 0. The zero-order chi connectivity index (χ0) is 10.8. The van der Waals surface area contributed by atoms with E-state index >= 15 is 0 Å². The van der Waals surface area contributed by atoms with Crippen LogP contribution in [0.15, 0.2) is 30.5 Å². The predicted molar refractivity (Wildman–Crippen MR) is 57.2 cm³/mol. The summed E-state index contributed by atoms with van der Waals surface area (Å²) in [5.74, 6) is -0.194. The highest BCUT2D eigenvalue weighted by atomic mass is 19.1. The molecule has 0 aliphatic heterocycles. The zero-order valence-corrected chi connectivity index (χ0v) is 8.87. The third kappa shape index (κ3) is 2.06. The number of benzene rings is 1. The summed E-state index contributed by atoms with van der Waals surface area (Å²) in [7, 11) is 0. The summed E-state index contributed by atoms with van der Waals surface area (Å²) >= 11 is 0. The minimum atomic E-state index is -0.194. The molecule has 0 aliphatic rings. The number of halogens is 1. The maximum atomic E-state index is 13.0. The highest BCUT2D eigenvalue weighted by Gasteiger charge is 2.03. The molecule has 78 valence electrons. The Labute approximate surface area is 88.4 Å². The first kappa shape index (κ1) is 9.90. The van der Waals surface area contributed by atoms with E-state index in [9.17, 15) is 4.39 Å². The molecule has 1 aromatic carbocycles. The van der Waals surface area contributed by atoms with Crippen molar-refractivity contribution >= 4 is 0 Å². The van der Waals surface area contributed by atoms with Gasteiger partial charge in [-0.2, -0.15) is 5.10 Å². The van der Waals surface area contributed by atoms with Crippen molar-refractivity contribution in [3.8, 4) is 0 Å². The largest absolute Gasteiger partial charge is 0.265 e. The Morgan fingerprint density at radius 2 is 2.07 bits per heavy atom. The Morgan fingerprint density at radius 3 is 2.73 bits per heavy atom. The second kappa shape index (κ2) is 3.85. The van der Waals surface area contributed by atoms with Gasteiger partial charge in [-0.05, 0) is 43.2 Å². The van der Waals surface area contributed by atoms with Crippen LogP contribution in [0.4, 0.5) is 4.39 Å². The van der Waals surface area contributed by atoms with Gasteiger partial charge in [0.15, 0.2) is 0 Å². The lowest BCUT2D eigenvalue weighted by Gasteiger charge is -2.07. The number of rotatable bonds is 2. The molecule has 2 rings (SSSR count). The lowest BCUT2D eigenvalue weighted by Crippen LogP contribution is -2.05. The Hall–Kier alpha value is -1.64. The van der Waals surface area contributed by atoms with Crippen molar-refractivity contribution < 1.29 is 4.39 Å². The molecule has 0 radical (unpaired) electrons. The van der Waals surface area contributed by atoms with E-state index in [2.05, 4.69) is 5.10 Å². The number of aromatic nitrogens is 2. The first-order valence-electron chi connectivity index (χ1n) is 4.90. The van der Waals surface area contributed by atoms with Gasteiger partial charge in [-0.15, -0.1) is 0 Å². The van der Waals surface area contributed by atoms with Crippen LogP contribution in [0, 0.1) is 19.7 Å². The zero-order valence-electron chi connectivity index (χ0n) is 8.87. The molecule has 0 saturated carbocycles. The lowest BCUT2D eigenvalue weighted by atomic mass is 10.1. The van der Waals surface area contributed by atoms with Gasteiger partial charge >= 0.3 is 0 Å². The van der Waals surface area contributed by atoms with Gasteiger partial charge in [0.1, 0.15) is 5.82 Å². The van der Waals surface area contributed by atoms with E-state index in [1.165, 1.54) is 6.07 Å². The molecule has 0 amide bonds. The second-order valence-electron chi connectivity index (χ2n) is 3.70. The van der Waals surface area contributed by atoms with E-state index in [0.717, 1.165) is 16.8 Å².